The van der Waals surface area contributed by atoms with Crippen LogP contribution in [0.15, 0.2) is 29.4 Å². The fraction of sp³-hybridized carbons (Fsp3) is 0.273. The predicted octanol–water partition coefficient (Wildman–Crippen LogP) is 2.96. The third kappa shape index (κ3) is 4.01. The average molecular weight is 238 g/mol. The molecule has 0 saturated heterocycles. The number of benzene rings is 1. The number of hydrogen-bond donors (Lipinski definition) is 1. The molecular weight excluding hydrogens is 224 g/mol. The van der Waals surface area contributed by atoms with E-state index in [2.05, 4.69) is 29.6 Å². The van der Waals surface area contributed by atoms with Gasteiger partial charge in [-0.1, -0.05) is 53.8 Å². The minimum Gasteiger partial charge on any atom is -0.262 e. The summed E-state index contributed by atoms with van der Waals surface area (Å²) in [5, 5.41) is 4.21. The Bertz CT molecular complexity index is 386. The van der Waals surface area contributed by atoms with Crippen molar-refractivity contribution in [3.8, 4) is 0 Å². The van der Waals surface area contributed by atoms with Crippen molar-refractivity contribution in [1.82, 2.24) is 5.43 Å². The third-order valence-electron chi connectivity index (χ3n) is 1.94. The molecule has 4 heteroatoms. The van der Waals surface area contributed by atoms with Crippen LogP contribution in [0.4, 0.5) is 0 Å². The van der Waals surface area contributed by atoms with E-state index in [1.807, 2.05) is 25.3 Å². The van der Waals surface area contributed by atoms with Crippen LogP contribution in [0.3, 0.4) is 0 Å². The Labute approximate surface area is 100 Å². The molecule has 0 atom stereocenters. The third-order valence-corrected chi connectivity index (χ3v) is 2.99. The van der Waals surface area contributed by atoms with Gasteiger partial charge >= 0.3 is 0 Å². The monoisotopic (exact) mass is 238 g/mol. The summed E-state index contributed by atoms with van der Waals surface area (Å²) in [5.74, 6) is 0. The van der Waals surface area contributed by atoms with Crippen LogP contribution < -0.4 is 5.43 Å². The van der Waals surface area contributed by atoms with Crippen LogP contribution in [0.5, 0.6) is 0 Å². The van der Waals surface area contributed by atoms with Gasteiger partial charge in [0.25, 0.3) is 0 Å². The Balaban J connectivity index is 2.75. The van der Waals surface area contributed by atoms with E-state index in [4.69, 9.17) is 12.2 Å². The first-order valence-electron chi connectivity index (χ1n) is 4.59. The highest BCUT2D eigenvalue weighted by molar-refractivity contribution is 8.22. The van der Waals surface area contributed by atoms with Crippen molar-refractivity contribution in [2.45, 2.75) is 13.8 Å². The quantitative estimate of drug-likeness (QED) is 0.487. The number of thioether (sulfide) groups is 1. The van der Waals surface area contributed by atoms with Gasteiger partial charge in [0.2, 0.25) is 0 Å². The summed E-state index contributed by atoms with van der Waals surface area (Å²) in [5.41, 5.74) is 6.12. The van der Waals surface area contributed by atoms with Crippen LogP contribution in [0.25, 0.3) is 0 Å². The summed E-state index contributed by atoms with van der Waals surface area (Å²) in [6, 6.07) is 8.23. The van der Waals surface area contributed by atoms with Gasteiger partial charge in [-0.25, -0.2) is 0 Å². The molecule has 0 fully saturated rings. The van der Waals surface area contributed by atoms with Crippen molar-refractivity contribution < 1.29 is 0 Å². The Hall–Kier alpha value is -0.870. The summed E-state index contributed by atoms with van der Waals surface area (Å²) in [6.45, 7) is 4.03. The number of aryl methyl sites for hydroxylation is 1. The van der Waals surface area contributed by atoms with Crippen molar-refractivity contribution in [2.24, 2.45) is 5.10 Å². The van der Waals surface area contributed by atoms with Crippen LogP contribution in [0.2, 0.25) is 0 Å². The second-order valence-corrected chi connectivity index (χ2v) is 4.65. The van der Waals surface area contributed by atoms with Crippen molar-refractivity contribution in [3.05, 3.63) is 35.4 Å². The highest BCUT2D eigenvalue weighted by Gasteiger charge is 1.97. The van der Waals surface area contributed by atoms with Gasteiger partial charge in [0.05, 0.1) is 5.71 Å². The Morgan fingerprint density at radius 1 is 1.47 bits per heavy atom. The molecule has 0 radical (unpaired) electrons. The highest BCUT2D eigenvalue weighted by Crippen LogP contribution is 2.05. The molecule has 80 valence electrons. The average Bonchev–Trinajstić information content (AvgIpc) is 2.25. The van der Waals surface area contributed by atoms with Crippen LogP contribution in [-0.2, 0) is 0 Å². The topological polar surface area (TPSA) is 24.4 Å². The summed E-state index contributed by atoms with van der Waals surface area (Å²) >= 11 is 6.47. The summed E-state index contributed by atoms with van der Waals surface area (Å²) in [7, 11) is 0. The largest absolute Gasteiger partial charge is 0.262 e. The molecule has 0 aliphatic rings. The Morgan fingerprint density at radius 2 is 2.20 bits per heavy atom. The molecule has 0 heterocycles. The van der Waals surface area contributed by atoms with Gasteiger partial charge in [0, 0.05) is 0 Å². The van der Waals surface area contributed by atoms with Gasteiger partial charge in [-0.3, -0.25) is 5.43 Å². The van der Waals surface area contributed by atoms with E-state index in [0.717, 1.165) is 11.3 Å². The second-order valence-electron chi connectivity index (χ2n) is 3.17. The fourth-order valence-electron chi connectivity index (χ4n) is 1.11. The maximum Gasteiger partial charge on any atom is 0.153 e. The van der Waals surface area contributed by atoms with Crippen LogP contribution in [-0.4, -0.2) is 16.3 Å². The number of hydrogen-bond acceptors (Lipinski definition) is 3. The molecule has 1 N–H and O–H groups in total. The van der Waals surface area contributed by atoms with Crippen molar-refractivity contribution in [3.63, 3.8) is 0 Å². The van der Waals surface area contributed by atoms with Crippen molar-refractivity contribution >= 4 is 34.0 Å². The SMILES string of the molecule is CSC(=S)NN=C(C)c1cccc(C)c1. The zero-order valence-electron chi connectivity index (χ0n) is 9.07. The lowest BCUT2D eigenvalue weighted by atomic mass is 10.1. The molecule has 2 nitrogen and oxygen atoms in total. The summed E-state index contributed by atoms with van der Waals surface area (Å²) in [6.07, 6.45) is 1.92. The van der Waals surface area contributed by atoms with Gasteiger partial charge in [0.1, 0.15) is 0 Å². The first-order chi connectivity index (χ1) is 7.13. The molecule has 0 aliphatic heterocycles. The number of nitrogens with zero attached hydrogens (tertiary/aromatic N) is 1. The lowest BCUT2D eigenvalue weighted by Crippen LogP contribution is -2.13. The van der Waals surface area contributed by atoms with Gasteiger partial charge in [-0.2, -0.15) is 5.10 Å². The van der Waals surface area contributed by atoms with Crippen LogP contribution in [0.1, 0.15) is 18.1 Å². The lowest BCUT2D eigenvalue weighted by molar-refractivity contribution is 1.06. The molecule has 0 spiro atoms. The van der Waals surface area contributed by atoms with E-state index in [1.165, 1.54) is 17.3 Å². The molecule has 1 rings (SSSR count). The lowest BCUT2D eigenvalue weighted by Gasteiger charge is -2.03. The maximum absolute atomic E-state index is 4.99. The number of nitrogens with one attached hydrogen (secondary N) is 1. The van der Waals surface area contributed by atoms with E-state index in [1.54, 1.807) is 0 Å². The van der Waals surface area contributed by atoms with E-state index in [-0.39, 0.29) is 0 Å². The first-order valence-corrected chi connectivity index (χ1v) is 6.22. The molecule has 1 aromatic rings. The van der Waals surface area contributed by atoms with Gasteiger partial charge in [-0.15, -0.1) is 0 Å². The first kappa shape index (κ1) is 12.2. The molecule has 0 saturated carbocycles. The van der Waals surface area contributed by atoms with Crippen molar-refractivity contribution in [1.29, 1.82) is 0 Å². The van der Waals surface area contributed by atoms with E-state index in [0.29, 0.717) is 4.32 Å². The molecular formula is C11H14N2S2. The van der Waals surface area contributed by atoms with Crippen molar-refractivity contribution in [2.75, 3.05) is 6.26 Å². The maximum atomic E-state index is 4.99. The molecule has 0 unspecified atom stereocenters. The Kier molecular flexibility index (Phi) is 4.78. The minimum absolute atomic E-state index is 0.682. The highest BCUT2D eigenvalue weighted by atomic mass is 32.2. The Morgan fingerprint density at radius 3 is 2.80 bits per heavy atom. The molecule has 1 aromatic carbocycles. The predicted molar refractivity (Wildman–Crippen MR) is 72.6 cm³/mol. The van der Waals surface area contributed by atoms with Gasteiger partial charge in [0.15, 0.2) is 4.32 Å². The normalized spacial score (nSPS) is 11.3. The van der Waals surface area contributed by atoms with Crippen LogP contribution in [0, 0.1) is 6.92 Å². The number of thiocarbonyl (C=S) groups is 1. The molecule has 0 aliphatic carbocycles. The zero-order valence-corrected chi connectivity index (χ0v) is 10.7. The molecule has 0 bridgehead atoms. The number of rotatable bonds is 2. The van der Waals surface area contributed by atoms with E-state index < -0.39 is 0 Å². The smallest absolute Gasteiger partial charge is 0.153 e. The van der Waals surface area contributed by atoms with Gasteiger partial charge < -0.3 is 0 Å². The van der Waals surface area contributed by atoms with E-state index >= 15 is 0 Å². The fourth-order valence-corrected chi connectivity index (χ4v) is 1.29. The standard InChI is InChI=1S/C11H14N2S2/c1-8-5-4-6-10(7-8)9(2)12-13-11(14)15-3/h4-7H,1-3H3,(H,13,14). The summed E-state index contributed by atoms with van der Waals surface area (Å²) < 4.78 is 0.682. The second kappa shape index (κ2) is 5.88. The number of hydrazone groups is 1. The van der Waals surface area contributed by atoms with Gasteiger partial charge in [-0.05, 0) is 25.7 Å². The van der Waals surface area contributed by atoms with E-state index in [9.17, 15) is 0 Å². The minimum atomic E-state index is 0.682. The molecule has 15 heavy (non-hydrogen) atoms. The van der Waals surface area contributed by atoms with Crippen LogP contribution >= 0.6 is 24.0 Å². The zero-order chi connectivity index (χ0) is 11.3. The molecule has 0 aromatic heterocycles. The summed E-state index contributed by atoms with van der Waals surface area (Å²) in [4.78, 5) is 0. The molecule has 0 amide bonds.